The van der Waals surface area contributed by atoms with Crippen LogP contribution in [0.15, 0.2) is 18.2 Å². The summed E-state index contributed by atoms with van der Waals surface area (Å²) in [5.74, 6) is 1.61. The van der Waals surface area contributed by atoms with Crippen molar-refractivity contribution in [2.45, 2.75) is 32.0 Å². The van der Waals surface area contributed by atoms with Crippen LogP contribution in [-0.4, -0.2) is 6.54 Å². The molecule has 0 fully saturated rings. The number of rotatable bonds is 6. The van der Waals surface area contributed by atoms with E-state index in [0.717, 1.165) is 25.0 Å². The molecule has 5 heteroatoms. The summed E-state index contributed by atoms with van der Waals surface area (Å²) < 4.78 is 50.9. The molecule has 0 aliphatic carbocycles. The Balaban J connectivity index is 2.56. The van der Waals surface area contributed by atoms with Gasteiger partial charge < -0.3 is 5.32 Å². The van der Waals surface area contributed by atoms with Crippen LogP contribution < -0.4 is 5.32 Å². The lowest BCUT2D eigenvalue weighted by atomic mass is 10.1. The number of alkyl halides is 3. The molecule has 0 unspecified atom stereocenters. The molecule has 0 amide bonds. The molecule has 104 valence electrons. The van der Waals surface area contributed by atoms with Gasteiger partial charge >= 0.3 is 6.18 Å². The summed E-state index contributed by atoms with van der Waals surface area (Å²) in [7, 11) is 0. The molecule has 1 N–H and O–H groups in total. The van der Waals surface area contributed by atoms with E-state index < -0.39 is 17.6 Å². The van der Waals surface area contributed by atoms with Crippen LogP contribution >= 0.6 is 0 Å². The zero-order valence-electron chi connectivity index (χ0n) is 10.4. The first kappa shape index (κ1) is 15.5. The molecule has 0 saturated carbocycles. The Labute approximate surface area is 110 Å². The third kappa shape index (κ3) is 5.31. The fraction of sp³-hybridized carbons (Fsp3) is 0.429. The predicted octanol–water partition coefficient (Wildman–Crippen LogP) is 3.74. The highest BCUT2D eigenvalue weighted by molar-refractivity contribution is 5.30. The lowest BCUT2D eigenvalue weighted by Gasteiger charge is -2.13. The van der Waals surface area contributed by atoms with Crippen LogP contribution in [0.25, 0.3) is 0 Å². The molecule has 0 heterocycles. The Kier molecular flexibility index (Phi) is 5.84. The molecule has 0 spiro atoms. The third-order valence-electron chi connectivity index (χ3n) is 2.62. The van der Waals surface area contributed by atoms with E-state index >= 15 is 0 Å². The molecule has 0 aromatic heterocycles. The normalized spacial score (nSPS) is 11.3. The summed E-state index contributed by atoms with van der Waals surface area (Å²) in [6.45, 7) is 0.640. The lowest BCUT2D eigenvalue weighted by Crippen LogP contribution is -2.18. The quantitative estimate of drug-likeness (QED) is 0.473. The molecule has 0 bridgehead atoms. The van der Waals surface area contributed by atoms with Crippen molar-refractivity contribution in [3.63, 3.8) is 0 Å². The van der Waals surface area contributed by atoms with Gasteiger partial charge in [-0.05, 0) is 37.1 Å². The van der Waals surface area contributed by atoms with Gasteiger partial charge in [-0.2, -0.15) is 13.2 Å². The second-order valence-corrected chi connectivity index (χ2v) is 4.14. The molecule has 0 atom stereocenters. The van der Waals surface area contributed by atoms with Gasteiger partial charge in [-0.1, -0.05) is 6.07 Å². The minimum absolute atomic E-state index is 0.0471. The SMILES string of the molecule is C#CCCCCNCc1ccc(F)cc1C(F)(F)F. The largest absolute Gasteiger partial charge is 0.416 e. The van der Waals surface area contributed by atoms with E-state index in [1.165, 1.54) is 0 Å². The number of benzene rings is 1. The molecule has 19 heavy (non-hydrogen) atoms. The predicted molar refractivity (Wildman–Crippen MR) is 65.8 cm³/mol. The molecular weight excluding hydrogens is 258 g/mol. The number of nitrogens with one attached hydrogen (secondary N) is 1. The molecular formula is C14H15F4N. The Hall–Kier alpha value is -1.54. The summed E-state index contributed by atoms with van der Waals surface area (Å²) in [5, 5.41) is 2.90. The van der Waals surface area contributed by atoms with E-state index in [1.54, 1.807) is 0 Å². The van der Waals surface area contributed by atoms with Gasteiger partial charge in [0.05, 0.1) is 5.56 Å². The van der Waals surface area contributed by atoms with Gasteiger partial charge in [0, 0.05) is 13.0 Å². The van der Waals surface area contributed by atoms with Gasteiger partial charge in [-0.3, -0.25) is 0 Å². The van der Waals surface area contributed by atoms with Crippen molar-refractivity contribution in [1.82, 2.24) is 5.32 Å². The highest BCUT2D eigenvalue weighted by atomic mass is 19.4. The first-order valence-corrected chi connectivity index (χ1v) is 5.95. The molecule has 1 aromatic rings. The van der Waals surface area contributed by atoms with Crippen LogP contribution in [0, 0.1) is 18.2 Å². The fourth-order valence-electron chi connectivity index (χ4n) is 1.67. The average Bonchev–Trinajstić information content (AvgIpc) is 2.34. The van der Waals surface area contributed by atoms with Crippen molar-refractivity contribution >= 4 is 0 Å². The topological polar surface area (TPSA) is 12.0 Å². The minimum atomic E-state index is -4.54. The Morgan fingerprint density at radius 1 is 1.21 bits per heavy atom. The first-order chi connectivity index (χ1) is 8.95. The van der Waals surface area contributed by atoms with Crippen molar-refractivity contribution in [2.24, 2.45) is 0 Å². The summed E-state index contributed by atoms with van der Waals surface area (Å²) in [6, 6.07) is 2.71. The second-order valence-electron chi connectivity index (χ2n) is 4.14. The third-order valence-corrected chi connectivity index (χ3v) is 2.62. The minimum Gasteiger partial charge on any atom is -0.313 e. The van der Waals surface area contributed by atoms with Gasteiger partial charge in [-0.25, -0.2) is 4.39 Å². The van der Waals surface area contributed by atoms with Crippen molar-refractivity contribution in [1.29, 1.82) is 0 Å². The van der Waals surface area contributed by atoms with Gasteiger partial charge in [0.1, 0.15) is 5.82 Å². The Bertz CT molecular complexity index is 446. The smallest absolute Gasteiger partial charge is 0.313 e. The molecule has 0 saturated heterocycles. The van der Waals surface area contributed by atoms with Crippen molar-refractivity contribution in [2.75, 3.05) is 6.54 Å². The zero-order valence-corrected chi connectivity index (χ0v) is 10.4. The van der Waals surface area contributed by atoms with Gasteiger partial charge in [0.15, 0.2) is 0 Å². The van der Waals surface area contributed by atoms with Crippen molar-refractivity contribution in [3.8, 4) is 12.3 Å². The van der Waals surface area contributed by atoms with Gasteiger partial charge in [-0.15, -0.1) is 12.3 Å². The second kappa shape index (κ2) is 7.15. The zero-order chi connectivity index (χ0) is 14.3. The maximum atomic E-state index is 12.9. The lowest BCUT2D eigenvalue weighted by molar-refractivity contribution is -0.138. The van der Waals surface area contributed by atoms with E-state index in [-0.39, 0.29) is 12.1 Å². The number of unbranched alkanes of at least 4 members (excludes halogenated alkanes) is 2. The molecule has 0 aliphatic heterocycles. The van der Waals surface area contributed by atoms with E-state index in [1.807, 2.05) is 0 Å². The summed E-state index contributed by atoms with van der Waals surface area (Å²) >= 11 is 0. The van der Waals surface area contributed by atoms with Crippen LogP contribution in [0.5, 0.6) is 0 Å². The Morgan fingerprint density at radius 3 is 2.58 bits per heavy atom. The van der Waals surface area contributed by atoms with Crippen molar-refractivity contribution in [3.05, 3.63) is 35.1 Å². The molecule has 1 nitrogen and oxygen atoms in total. The average molecular weight is 273 g/mol. The highest BCUT2D eigenvalue weighted by Gasteiger charge is 2.33. The maximum Gasteiger partial charge on any atom is 0.416 e. The standard InChI is InChI=1S/C14H15F4N/c1-2-3-4-5-8-19-10-11-6-7-12(15)9-13(11)14(16,17)18/h1,6-7,9,19H,3-5,8,10H2. The van der Waals surface area contributed by atoms with E-state index in [9.17, 15) is 17.6 Å². The van der Waals surface area contributed by atoms with Crippen LogP contribution in [0.4, 0.5) is 17.6 Å². The van der Waals surface area contributed by atoms with E-state index in [0.29, 0.717) is 19.0 Å². The van der Waals surface area contributed by atoms with Crippen LogP contribution in [0.3, 0.4) is 0 Å². The first-order valence-electron chi connectivity index (χ1n) is 5.95. The van der Waals surface area contributed by atoms with Crippen LogP contribution in [0.1, 0.15) is 30.4 Å². The maximum absolute atomic E-state index is 12.9. The van der Waals surface area contributed by atoms with Gasteiger partial charge in [0.2, 0.25) is 0 Å². The highest BCUT2D eigenvalue weighted by Crippen LogP contribution is 2.32. The monoisotopic (exact) mass is 273 g/mol. The fourth-order valence-corrected chi connectivity index (χ4v) is 1.67. The number of halogens is 4. The molecule has 1 rings (SSSR count). The van der Waals surface area contributed by atoms with Crippen LogP contribution in [0.2, 0.25) is 0 Å². The summed E-state index contributed by atoms with van der Waals surface area (Å²) in [6.07, 6.45) is 2.84. The number of hydrogen-bond donors (Lipinski definition) is 1. The van der Waals surface area contributed by atoms with Gasteiger partial charge in [0.25, 0.3) is 0 Å². The Morgan fingerprint density at radius 2 is 1.95 bits per heavy atom. The molecule has 0 aliphatic rings. The molecule has 0 radical (unpaired) electrons. The van der Waals surface area contributed by atoms with Crippen LogP contribution in [-0.2, 0) is 12.7 Å². The van der Waals surface area contributed by atoms with Crippen molar-refractivity contribution < 1.29 is 17.6 Å². The van der Waals surface area contributed by atoms with E-state index in [2.05, 4.69) is 11.2 Å². The summed E-state index contributed by atoms with van der Waals surface area (Å²) in [5.41, 5.74) is -0.880. The summed E-state index contributed by atoms with van der Waals surface area (Å²) in [4.78, 5) is 0. The van der Waals surface area contributed by atoms with E-state index in [4.69, 9.17) is 6.42 Å². The number of hydrogen-bond acceptors (Lipinski definition) is 1. The molecule has 1 aromatic carbocycles. The number of terminal acetylenes is 1.